The van der Waals surface area contributed by atoms with E-state index < -0.39 is 24.7 Å². The quantitative estimate of drug-likeness (QED) is 0.596. The van der Waals surface area contributed by atoms with Crippen LogP contribution in [0.15, 0.2) is 22.7 Å². The SMILES string of the molecule is CC(C)C[C@H](CC(=O)CNC(=O)c1cc(Br)ccc1F)B(O)O. The summed E-state index contributed by atoms with van der Waals surface area (Å²) in [7, 11) is -1.58. The van der Waals surface area contributed by atoms with Crippen LogP contribution in [0, 0.1) is 11.7 Å². The molecule has 1 aromatic carbocycles. The maximum Gasteiger partial charge on any atom is 0.455 e. The Morgan fingerprint density at radius 3 is 2.57 bits per heavy atom. The summed E-state index contributed by atoms with van der Waals surface area (Å²) in [5, 5.41) is 20.9. The lowest BCUT2D eigenvalue weighted by atomic mass is 9.66. The van der Waals surface area contributed by atoms with Crippen molar-refractivity contribution in [3.05, 3.63) is 34.1 Å². The molecule has 0 heterocycles. The van der Waals surface area contributed by atoms with Gasteiger partial charge in [-0.3, -0.25) is 9.59 Å². The summed E-state index contributed by atoms with van der Waals surface area (Å²) >= 11 is 3.15. The van der Waals surface area contributed by atoms with Crippen LogP contribution in [0.3, 0.4) is 0 Å². The largest absolute Gasteiger partial charge is 0.455 e. The van der Waals surface area contributed by atoms with Crippen molar-refractivity contribution < 1.29 is 24.0 Å². The highest BCUT2D eigenvalue weighted by molar-refractivity contribution is 9.10. The molecule has 0 unspecified atom stereocenters. The molecule has 5 nitrogen and oxygen atoms in total. The molecular weight excluding hydrogens is 368 g/mol. The summed E-state index contributed by atoms with van der Waals surface area (Å²) < 4.78 is 14.1. The summed E-state index contributed by atoms with van der Waals surface area (Å²) in [6.07, 6.45) is 0.425. The fourth-order valence-electron chi connectivity index (χ4n) is 2.23. The third-order valence-corrected chi connectivity index (χ3v) is 3.80. The second-order valence-corrected chi connectivity index (χ2v) is 6.77. The van der Waals surface area contributed by atoms with Crippen LogP contribution in [0.5, 0.6) is 0 Å². The van der Waals surface area contributed by atoms with Crippen LogP contribution in [0.2, 0.25) is 5.82 Å². The fourth-order valence-corrected chi connectivity index (χ4v) is 2.59. The van der Waals surface area contributed by atoms with Crippen molar-refractivity contribution in [3.8, 4) is 0 Å². The molecule has 0 aliphatic heterocycles. The average Bonchev–Trinajstić information content (AvgIpc) is 2.46. The van der Waals surface area contributed by atoms with Crippen LogP contribution in [0.4, 0.5) is 4.39 Å². The molecular formula is C15H20BBrFNO4. The Morgan fingerprint density at radius 2 is 2.00 bits per heavy atom. The van der Waals surface area contributed by atoms with Gasteiger partial charge in [-0.05, 0) is 30.5 Å². The first kappa shape index (κ1) is 19.8. The molecule has 1 atom stereocenters. The number of halogens is 2. The van der Waals surface area contributed by atoms with E-state index >= 15 is 0 Å². The van der Waals surface area contributed by atoms with Crippen molar-refractivity contribution in [3.63, 3.8) is 0 Å². The maximum atomic E-state index is 13.6. The van der Waals surface area contributed by atoms with Crippen molar-refractivity contribution in [1.29, 1.82) is 0 Å². The zero-order valence-electron chi connectivity index (χ0n) is 13.1. The molecule has 0 aliphatic carbocycles. The predicted molar refractivity (Wildman–Crippen MR) is 89.5 cm³/mol. The van der Waals surface area contributed by atoms with E-state index in [1.54, 1.807) is 0 Å². The van der Waals surface area contributed by atoms with Crippen molar-refractivity contribution >= 4 is 34.7 Å². The van der Waals surface area contributed by atoms with Gasteiger partial charge in [0.05, 0.1) is 12.1 Å². The van der Waals surface area contributed by atoms with Gasteiger partial charge in [0.1, 0.15) is 5.82 Å². The lowest BCUT2D eigenvalue weighted by Crippen LogP contribution is -2.32. The van der Waals surface area contributed by atoms with Gasteiger partial charge in [0, 0.05) is 16.7 Å². The number of hydrogen-bond donors (Lipinski definition) is 3. The van der Waals surface area contributed by atoms with E-state index in [-0.39, 0.29) is 30.2 Å². The molecule has 0 aliphatic rings. The first-order chi connectivity index (χ1) is 10.7. The van der Waals surface area contributed by atoms with E-state index in [1.807, 2.05) is 13.8 Å². The molecule has 0 saturated carbocycles. The first-order valence-electron chi connectivity index (χ1n) is 7.31. The smallest absolute Gasteiger partial charge is 0.427 e. The third kappa shape index (κ3) is 6.80. The lowest BCUT2D eigenvalue weighted by molar-refractivity contribution is -0.118. The molecule has 1 rings (SSSR count). The zero-order chi connectivity index (χ0) is 17.6. The molecule has 0 aromatic heterocycles. The molecule has 23 heavy (non-hydrogen) atoms. The Labute approximate surface area is 143 Å². The highest BCUT2D eigenvalue weighted by Gasteiger charge is 2.26. The average molecular weight is 388 g/mol. The second-order valence-electron chi connectivity index (χ2n) is 5.85. The van der Waals surface area contributed by atoms with Gasteiger partial charge in [0.2, 0.25) is 0 Å². The number of carbonyl (C=O) groups excluding carboxylic acids is 2. The van der Waals surface area contributed by atoms with E-state index in [1.165, 1.54) is 12.1 Å². The normalized spacial score (nSPS) is 12.1. The van der Waals surface area contributed by atoms with Crippen molar-refractivity contribution in [2.45, 2.75) is 32.5 Å². The summed E-state index contributed by atoms with van der Waals surface area (Å²) in [6.45, 7) is 3.54. The van der Waals surface area contributed by atoms with E-state index in [0.717, 1.165) is 6.07 Å². The molecule has 1 amide bonds. The summed E-state index contributed by atoms with van der Waals surface area (Å²) in [5.74, 6) is -2.09. The molecule has 3 N–H and O–H groups in total. The maximum absolute atomic E-state index is 13.6. The van der Waals surface area contributed by atoms with Gasteiger partial charge in [-0.15, -0.1) is 0 Å². The van der Waals surface area contributed by atoms with Crippen LogP contribution in [-0.4, -0.2) is 35.4 Å². The topological polar surface area (TPSA) is 86.6 Å². The van der Waals surface area contributed by atoms with Gasteiger partial charge >= 0.3 is 7.12 Å². The van der Waals surface area contributed by atoms with Gasteiger partial charge in [-0.25, -0.2) is 4.39 Å². The Morgan fingerprint density at radius 1 is 1.35 bits per heavy atom. The Kier molecular flexibility index (Phi) is 7.88. The highest BCUT2D eigenvalue weighted by Crippen LogP contribution is 2.23. The van der Waals surface area contributed by atoms with E-state index in [4.69, 9.17) is 0 Å². The molecule has 0 saturated heterocycles. The standard InChI is InChI=1S/C15H20BBrFNO4/c1-9(2)5-10(16(22)23)6-12(20)8-19-15(21)13-7-11(17)3-4-14(13)18/h3-4,7,9-10,22-23H,5-6,8H2,1-2H3,(H,19,21)/t10-/m1/s1. The molecule has 0 radical (unpaired) electrons. The minimum atomic E-state index is -1.58. The number of Topliss-reactive ketones (excluding diaryl/α,β-unsaturated/α-hetero) is 1. The van der Waals surface area contributed by atoms with Crippen molar-refractivity contribution in [2.75, 3.05) is 6.54 Å². The number of amides is 1. The van der Waals surface area contributed by atoms with E-state index in [9.17, 15) is 24.0 Å². The third-order valence-electron chi connectivity index (χ3n) is 3.30. The number of benzene rings is 1. The molecule has 0 bridgehead atoms. The van der Waals surface area contributed by atoms with Gasteiger partial charge in [0.15, 0.2) is 5.78 Å². The van der Waals surface area contributed by atoms with Crippen LogP contribution in [0.25, 0.3) is 0 Å². The highest BCUT2D eigenvalue weighted by atomic mass is 79.9. The van der Waals surface area contributed by atoms with Crippen molar-refractivity contribution in [2.24, 2.45) is 5.92 Å². The van der Waals surface area contributed by atoms with Gasteiger partial charge in [0.25, 0.3) is 5.91 Å². The fraction of sp³-hybridized carbons (Fsp3) is 0.467. The lowest BCUT2D eigenvalue weighted by Gasteiger charge is -2.17. The molecule has 8 heteroatoms. The summed E-state index contributed by atoms with van der Waals surface area (Å²) in [6, 6.07) is 3.95. The number of hydrogen-bond acceptors (Lipinski definition) is 4. The van der Waals surface area contributed by atoms with Gasteiger partial charge in [-0.1, -0.05) is 29.8 Å². The number of carbonyl (C=O) groups is 2. The summed E-state index contributed by atoms with van der Waals surface area (Å²) in [4.78, 5) is 23.8. The van der Waals surface area contributed by atoms with Gasteiger partial charge < -0.3 is 15.4 Å². The van der Waals surface area contributed by atoms with E-state index in [0.29, 0.717) is 10.9 Å². The monoisotopic (exact) mass is 387 g/mol. The number of nitrogens with one attached hydrogen (secondary N) is 1. The van der Waals surface area contributed by atoms with Crippen LogP contribution in [0.1, 0.15) is 37.0 Å². The predicted octanol–water partition coefficient (Wildman–Crippen LogP) is 2.17. The minimum absolute atomic E-state index is 0.0584. The van der Waals surface area contributed by atoms with Crippen LogP contribution in [-0.2, 0) is 4.79 Å². The second kappa shape index (κ2) is 9.15. The van der Waals surface area contributed by atoms with Crippen molar-refractivity contribution in [1.82, 2.24) is 5.32 Å². The minimum Gasteiger partial charge on any atom is -0.427 e. The van der Waals surface area contributed by atoms with Gasteiger partial charge in [-0.2, -0.15) is 0 Å². The first-order valence-corrected chi connectivity index (χ1v) is 8.11. The molecule has 0 spiro atoms. The molecule has 1 aromatic rings. The Hall–Kier alpha value is -1.25. The Balaban J connectivity index is 2.58. The zero-order valence-corrected chi connectivity index (χ0v) is 14.6. The molecule has 126 valence electrons. The number of ketones is 1. The van der Waals surface area contributed by atoms with Crippen LogP contribution >= 0.6 is 15.9 Å². The Bertz CT molecular complexity index is 568. The number of rotatable bonds is 8. The van der Waals surface area contributed by atoms with Crippen LogP contribution < -0.4 is 5.32 Å². The molecule has 0 fully saturated rings. The summed E-state index contributed by atoms with van der Waals surface area (Å²) in [5.41, 5.74) is -0.159. The van der Waals surface area contributed by atoms with E-state index in [2.05, 4.69) is 21.2 Å².